The third-order valence-corrected chi connectivity index (χ3v) is 6.06. The lowest BCUT2D eigenvalue weighted by atomic mass is 10.1. The average molecular weight is 439 g/mol. The molecule has 0 radical (unpaired) electrons. The van der Waals surface area contributed by atoms with Crippen molar-refractivity contribution < 1.29 is 22.7 Å². The second-order valence-electron chi connectivity index (χ2n) is 6.68. The molecule has 0 saturated carbocycles. The maximum atomic E-state index is 12.9. The summed E-state index contributed by atoms with van der Waals surface area (Å²) in [4.78, 5) is 24.6. The highest BCUT2D eigenvalue weighted by Gasteiger charge is 2.30. The van der Waals surface area contributed by atoms with Crippen molar-refractivity contribution in [3.8, 4) is 0 Å². The van der Waals surface area contributed by atoms with E-state index < -0.39 is 27.9 Å². The van der Waals surface area contributed by atoms with Gasteiger partial charge in [-0.1, -0.05) is 23.7 Å². The molecule has 0 heterocycles. The van der Waals surface area contributed by atoms with Crippen molar-refractivity contribution in [2.75, 3.05) is 23.0 Å². The topological polar surface area (TPSA) is 92.8 Å². The predicted octanol–water partition coefficient (Wildman–Crippen LogP) is 3.54. The first kappa shape index (κ1) is 22.7. The lowest BCUT2D eigenvalue weighted by molar-refractivity contribution is -0.116. The first-order valence-electron chi connectivity index (χ1n) is 8.71. The van der Waals surface area contributed by atoms with E-state index in [1.165, 1.54) is 26.2 Å². The summed E-state index contributed by atoms with van der Waals surface area (Å²) in [5.41, 5.74) is 2.44. The van der Waals surface area contributed by atoms with Crippen molar-refractivity contribution in [2.45, 2.75) is 26.8 Å². The van der Waals surface area contributed by atoms with Gasteiger partial charge >= 0.3 is 5.97 Å². The quantitative estimate of drug-likeness (QED) is 0.696. The summed E-state index contributed by atoms with van der Waals surface area (Å²) < 4.78 is 30.5. The van der Waals surface area contributed by atoms with E-state index in [4.69, 9.17) is 16.3 Å². The molecule has 0 aliphatic rings. The molecule has 2 rings (SSSR count). The van der Waals surface area contributed by atoms with Crippen LogP contribution in [0.15, 0.2) is 36.4 Å². The van der Waals surface area contributed by atoms with Gasteiger partial charge in [-0.25, -0.2) is 13.2 Å². The number of rotatable bonds is 6. The molecule has 2 aromatic carbocycles. The fourth-order valence-electron chi connectivity index (χ4n) is 2.77. The van der Waals surface area contributed by atoms with Gasteiger partial charge < -0.3 is 10.1 Å². The molecular formula is C20H23ClN2O5S. The van der Waals surface area contributed by atoms with Crippen LogP contribution in [-0.2, 0) is 19.6 Å². The van der Waals surface area contributed by atoms with Crippen LogP contribution in [0, 0.1) is 13.8 Å². The van der Waals surface area contributed by atoms with Crippen LogP contribution in [0.3, 0.4) is 0 Å². The summed E-state index contributed by atoms with van der Waals surface area (Å²) in [6.45, 7) is 5.03. The van der Waals surface area contributed by atoms with Gasteiger partial charge in [-0.05, 0) is 56.2 Å². The Morgan fingerprint density at radius 1 is 1.10 bits per heavy atom. The molecule has 9 heteroatoms. The van der Waals surface area contributed by atoms with Crippen molar-refractivity contribution in [3.05, 3.63) is 58.1 Å². The first-order chi connectivity index (χ1) is 13.5. The molecule has 29 heavy (non-hydrogen) atoms. The number of esters is 1. The number of benzene rings is 2. The fraction of sp³-hybridized carbons (Fsp3) is 0.300. The Morgan fingerprint density at radius 2 is 1.72 bits per heavy atom. The van der Waals surface area contributed by atoms with Gasteiger partial charge in [0.15, 0.2) is 0 Å². The van der Waals surface area contributed by atoms with Gasteiger partial charge in [0.2, 0.25) is 15.9 Å². The number of anilines is 2. The largest absolute Gasteiger partial charge is 0.465 e. The number of carbonyl (C=O) groups is 2. The van der Waals surface area contributed by atoms with Gasteiger partial charge in [-0.15, -0.1) is 0 Å². The molecule has 0 aromatic heterocycles. The van der Waals surface area contributed by atoms with Crippen LogP contribution in [-0.4, -0.2) is 39.7 Å². The van der Waals surface area contributed by atoms with Gasteiger partial charge in [0.25, 0.3) is 0 Å². The van der Waals surface area contributed by atoms with Crippen LogP contribution in [0.1, 0.15) is 28.4 Å². The minimum atomic E-state index is -3.78. The van der Waals surface area contributed by atoms with Crippen LogP contribution in [0.25, 0.3) is 0 Å². The van der Waals surface area contributed by atoms with Crippen molar-refractivity contribution in [3.63, 3.8) is 0 Å². The number of nitrogens with zero attached hydrogens (tertiary/aromatic N) is 1. The van der Waals surface area contributed by atoms with Crippen molar-refractivity contribution in [1.29, 1.82) is 0 Å². The van der Waals surface area contributed by atoms with Crippen LogP contribution in [0.5, 0.6) is 0 Å². The monoisotopic (exact) mass is 438 g/mol. The van der Waals surface area contributed by atoms with Crippen LogP contribution >= 0.6 is 11.6 Å². The molecule has 0 aliphatic carbocycles. The van der Waals surface area contributed by atoms with Crippen LogP contribution < -0.4 is 9.62 Å². The Hall–Kier alpha value is -2.58. The summed E-state index contributed by atoms with van der Waals surface area (Å²) in [5, 5.41) is 3.09. The third kappa shape index (κ3) is 5.27. The first-order valence-corrected chi connectivity index (χ1v) is 10.9. The van der Waals surface area contributed by atoms with Gasteiger partial charge in [0, 0.05) is 10.7 Å². The zero-order valence-corrected chi connectivity index (χ0v) is 18.4. The summed E-state index contributed by atoms with van der Waals surface area (Å²) in [6, 6.07) is 8.45. The zero-order valence-electron chi connectivity index (χ0n) is 16.8. The highest BCUT2D eigenvalue weighted by atomic mass is 35.5. The molecule has 0 spiro atoms. The maximum absolute atomic E-state index is 12.9. The normalized spacial score (nSPS) is 12.2. The SMILES string of the molecule is COC(=O)c1ccc(C)c(NC(=O)[C@@H](C)N(c2ccc(C)c(Cl)c2)S(C)(=O)=O)c1. The Labute approximate surface area is 175 Å². The lowest BCUT2D eigenvalue weighted by Crippen LogP contribution is -2.45. The number of halogens is 1. The van der Waals surface area contributed by atoms with Crippen molar-refractivity contribution in [2.24, 2.45) is 0 Å². The number of sulfonamides is 1. The summed E-state index contributed by atoms with van der Waals surface area (Å²) in [6.07, 6.45) is 1.02. The molecule has 0 fully saturated rings. The van der Waals surface area contributed by atoms with Gasteiger partial charge in [0.1, 0.15) is 6.04 Å². The highest BCUT2D eigenvalue weighted by molar-refractivity contribution is 7.92. The molecular weight excluding hydrogens is 416 g/mol. The predicted molar refractivity (Wildman–Crippen MR) is 114 cm³/mol. The minimum absolute atomic E-state index is 0.270. The minimum Gasteiger partial charge on any atom is -0.465 e. The average Bonchev–Trinajstić information content (AvgIpc) is 2.64. The Balaban J connectivity index is 2.37. The molecule has 156 valence electrons. The lowest BCUT2D eigenvalue weighted by Gasteiger charge is -2.28. The Bertz CT molecular complexity index is 1050. The number of hydrogen-bond donors (Lipinski definition) is 1. The number of carbonyl (C=O) groups excluding carboxylic acids is 2. The van der Waals surface area contributed by atoms with E-state index in [0.29, 0.717) is 16.3 Å². The van der Waals surface area contributed by atoms with E-state index in [-0.39, 0.29) is 11.3 Å². The van der Waals surface area contributed by atoms with E-state index >= 15 is 0 Å². The molecule has 0 bridgehead atoms. The molecule has 1 atom stereocenters. The van der Waals surface area contributed by atoms with Crippen LogP contribution in [0.2, 0.25) is 5.02 Å². The standard InChI is InChI=1S/C20H23ClN2O5S/c1-12-7-9-16(11-17(12)21)23(29(5,26)27)14(3)19(24)22-18-10-15(20(25)28-4)8-6-13(18)2/h6-11,14H,1-5H3,(H,22,24)/t14-/m1/s1. The van der Waals surface area contributed by atoms with Gasteiger partial charge in [-0.2, -0.15) is 0 Å². The molecule has 0 aliphatic heterocycles. The number of nitrogens with one attached hydrogen (secondary N) is 1. The van der Waals surface area contributed by atoms with E-state index in [0.717, 1.165) is 16.1 Å². The highest BCUT2D eigenvalue weighted by Crippen LogP contribution is 2.27. The number of amides is 1. The van der Waals surface area contributed by atoms with E-state index in [2.05, 4.69) is 5.32 Å². The second-order valence-corrected chi connectivity index (χ2v) is 8.95. The number of hydrogen-bond acceptors (Lipinski definition) is 5. The third-order valence-electron chi connectivity index (χ3n) is 4.41. The Morgan fingerprint density at radius 3 is 2.28 bits per heavy atom. The van der Waals surface area contributed by atoms with Gasteiger partial charge in [0.05, 0.1) is 24.6 Å². The van der Waals surface area contributed by atoms with Crippen molar-refractivity contribution >= 4 is 44.9 Å². The van der Waals surface area contributed by atoms with E-state index in [1.807, 2.05) is 0 Å². The summed E-state index contributed by atoms with van der Waals surface area (Å²) in [5.74, 6) is -1.10. The smallest absolute Gasteiger partial charge is 0.337 e. The molecule has 1 N–H and O–H groups in total. The van der Waals surface area contributed by atoms with E-state index in [1.54, 1.807) is 38.1 Å². The molecule has 0 unspecified atom stereocenters. The Kier molecular flexibility index (Phi) is 6.92. The molecule has 7 nitrogen and oxygen atoms in total. The zero-order chi connectivity index (χ0) is 21.9. The number of ether oxygens (including phenoxy) is 1. The van der Waals surface area contributed by atoms with E-state index in [9.17, 15) is 18.0 Å². The maximum Gasteiger partial charge on any atom is 0.337 e. The van der Waals surface area contributed by atoms with Gasteiger partial charge in [-0.3, -0.25) is 9.10 Å². The molecule has 0 saturated heterocycles. The van der Waals surface area contributed by atoms with Crippen LogP contribution in [0.4, 0.5) is 11.4 Å². The van der Waals surface area contributed by atoms with Crippen molar-refractivity contribution in [1.82, 2.24) is 0 Å². The number of methoxy groups -OCH3 is 1. The fourth-order valence-corrected chi connectivity index (χ4v) is 4.11. The molecule has 2 aromatic rings. The second kappa shape index (κ2) is 8.84. The summed E-state index contributed by atoms with van der Waals surface area (Å²) in [7, 11) is -2.52. The summed E-state index contributed by atoms with van der Waals surface area (Å²) >= 11 is 6.14. The number of aryl methyl sites for hydroxylation is 2. The molecule has 1 amide bonds.